The number of nitrogens with zero attached hydrogens (tertiary/aromatic N) is 3. The van der Waals surface area contributed by atoms with E-state index in [2.05, 4.69) is 44.8 Å². The van der Waals surface area contributed by atoms with Gasteiger partial charge >= 0.3 is 0 Å². The molecule has 0 bridgehead atoms. The number of rotatable bonds is 4. The Kier molecular flexibility index (Phi) is 5.18. The zero-order valence-corrected chi connectivity index (χ0v) is 14.5. The van der Waals surface area contributed by atoms with Crippen LogP contribution in [0.2, 0.25) is 0 Å². The molecular weight excluding hydrogens is 298 g/mol. The first kappa shape index (κ1) is 16.5. The van der Waals surface area contributed by atoms with Crippen LogP contribution in [0.1, 0.15) is 42.2 Å². The van der Waals surface area contributed by atoms with Crippen molar-refractivity contribution in [3.63, 3.8) is 0 Å². The van der Waals surface area contributed by atoms with Crippen LogP contribution in [0.4, 0.5) is 0 Å². The summed E-state index contributed by atoms with van der Waals surface area (Å²) in [6.45, 7) is 9.45. The third-order valence-electron chi connectivity index (χ3n) is 2.97. The summed E-state index contributed by atoms with van der Waals surface area (Å²) in [5, 5.41) is 10.4. The number of guanidine groups is 1. The SMILES string of the molecule is CN=C(NCc1noc(C(C)(C)C)n1)NCc1ccc(C)s1. The Bertz CT molecular complexity index is 638. The molecule has 2 rings (SSSR count). The van der Waals surface area contributed by atoms with Crippen molar-refractivity contribution < 1.29 is 4.52 Å². The third-order valence-corrected chi connectivity index (χ3v) is 3.97. The fourth-order valence-corrected chi connectivity index (χ4v) is 2.59. The van der Waals surface area contributed by atoms with E-state index in [0.29, 0.717) is 24.2 Å². The van der Waals surface area contributed by atoms with Crippen LogP contribution in [0.25, 0.3) is 0 Å². The molecule has 0 fully saturated rings. The molecule has 0 saturated carbocycles. The molecule has 0 aromatic carbocycles. The molecule has 0 amide bonds. The van der Waals surface area contributed by atoms with Crippen molar-refractivity contribution in [3.05, 3.63) is 33.6 Å². The number of aliphatic imine (C=N–C) groups is 1. The van der Waals surface area contributed by atoms with E-state index in [1.807, 2.05) is 20.8 Å². The lowest BCUT2D eigenvalue weighted by molar-refractivity contribution is 0.318. The van der Waals surface area contributed by atoms with Crippen LogP contribution in [-0.4, -0.2) is 23.1 Å². The minimum atomic E-state index is -0.137. The minimum Gasteiger partial charge on any atom is -0.352 e. The predicted molar refractivity (Wildman–Crippen MR) is 89.1 cm³/mol. The second-order valence-corrected chi connectivity index (χ2v) is 7.43. The molecule has 120 valence electrons. The Morgan fingerprint density at radius 3 is 2.55 bits per heavy atom. The molecule has 2 heterocycles. The van der Waals surface area contributed by atoms with Crippen LogP contribution in [0.3, 0.4) is 0 Å². The smallest absolute Gasteiger partial charge is 0.232 e. The molecule has 2 aromatic heterocycles. The number of aromatic nitrogens is 2. The van der Waals surface area contributed by atoms with Crippen molar-refractivity contribution in [3.8, 4) is 0 Å². The van der Waals surface area contributed by atoms with Gasteiger partial charge in [0.1, 0.15) is 0 Å². The number of aryl methyl sites for hydroxylation is 1. The van der Waals surface area contributed by atoms with Crippen molar-refractivity contribution in [1.82, 2.24) is 20.8 Å². The molecule has 0 aliphatic rings. The molecule has 0 unspecified atom stereocenters. The molecule has 0 spiro atoms. The second-order valence-electron chi connectivity index (χ2n) is 6.06. The lowest BCUT2D eigenvalue weighted by Gasteiger charge is -2.11. The first-order chi connectivity index (χ1) is 10.4. The van der Waals surface area contributed by atoms with Gasteiger partial charge in [-0.1, -0.05) is 25.9 Å². The number of thiophene rings is 1. The highest BCUT2D eigenvalue weighted by Crippen LogP contribution is 2.19. The number of nitrogens with one attached hydrogen (secondary N) is 2. The summed E-state index contributed by atoms with van der Waals surface area (Å²) in [4.78, 5) is 11.2. The minimum absolute atomic E-state index is 0.137. The molecule has 0 saturated heterocycles. The quantitative estimate of drug-likeness (QED) is 0.669. The average Bonchev–Trinajstić information content (AvgIpc) is 3.07. The normalized spacial score (nSPS) is 12.5. The van der Waals surface area contributed by atoms with Gasteiger partial charge in [-0.3, -0.25) is 4.99 Å². The van der Waals surface area contributed by atoms with Crippen LogP contribution in [0, 0.1) is 6.92 Å². The van der Waals surface area contributed by atoms with Crippen LogP contribution in [0.15, 0.2) is 21.6 Å². The number of hydrogen-bond donors (Lipinski definition) is 2. The van der Waals surface area contributed by atoms with Crippen molar-refractivity contribution in [1.29, 1.82) is 0 Å². The molecule has 2 N–H and O–H groups in total. The Morgan fingerprint density at radius 2 is 2.00 bits per heavy atom. The molecule has 22 heavy (non-hydrogen) atoms. The van der Waals surface area contributed by atoms with Gasteiger partial charge in [0.15, 0.2) is 11.8 Å². The van der Waals surface area contributed by atoms with Crippen molar-refractivity contribution in [2.75, 3.05) is 7.05 Å². The summed E-state index contributed by atoms with van der Waals surface area (Å²) in [5.41, 5.74) is -0.137. The average molecular weight is 321 g/mol. The van der Waals surface area contributed by atoms with Crippen LogP contribution < -0.4 is 10.6 Å². The standard InChI is InChI=1S/C15H23N5OS/c1-10-6-7-11(22-10)8-17-14(16-5)18-9-12-19-13(21-20-12)15(2,3)4/h6-7H,8-9H2,1-5H3,(H2,16,17,18). The van der Waals surface area contributed by atoms with E-state index in [0.717, 1.165) is 6.54 Å². The summed E-state index contributed by atoms with van der Waals surface area (Å²) in [6, 6.07) is 4.24. The van der Waals surface area contributed by atoms with E-state index in [9.17, 15) is 0 Å². The molecular formula is C15H23N5OS. The van der Waals surface area contributed by atoms with Gasteiger partial charge in [0.25, 0.3) is 0 Å². The topological polar surface area (TPSA) is 75.3 Å². The summed E-state index contributed by atoms with van der Waals surface area (Å²) in [6.07, 6.45) is 0. The van der Waals surface area contributed by atoms with E-state index < -0.39 is 0 Å². The molecule has 0 atom stereocenters. The molecule has 0 aliphatic heterocycles. The fourth-order valence-electron chi connectivity index (χ4n) is 1.76. The predicted octanol–water partition coefficient (Wildman–Crippen LogP) is 2.60. The first-order valence-electron chi connectivity index (χ1n) is 7.21. The maximum Gasteiger partial charge on any atom is 0.232 e. The maximum atomic E-state index is 5.27. The third kappa shape index (κ3) is 4.56. The Hall–Kier alpha value is -1.89. The molecule has 0 aliphatic carbocycles. The van der Waals surface area contributed by atoms with Gasteiger partial charge in [-0.15, -0.1) is 11.3 Å². The van der Waals surface area contributed by atoms with Crippen LogP contribution in [0.5, 0.6) is 0 Å². The summed E-state index contributed by atoms with van der Waals surface area (Å²) in [5.74, 6) is 1.98. The number of hydrogen-bond acceptors (Lipinski definition) is 5. The highest BCUT2D eigenvalue weighted by Gasteiger charge is 2.21. The monoisotopic (exact) mass is 321 g/mol. The maximum absolute atomic E-state index is 5.27. The molecule has 0 radical (unpaired) electrons. The lowest BCUT2D eigenvalue weighted by Crippen LogP contribution is -2.36. The summed E-state index contributed by atoms with van der Waals surface area (Å²) < 4.78 is 5.27. The van der Waals surface area contributed by atoms with Gasteiger partial charge in [-0.2, -0.15) is 4.98 Å². The van der Waals surface area contributed by atoms with Gasteiger partial charge < -0.3 is 15.2 Å². The molecule has 7 heteroatoms. The van der Waals surface area contributed by atoms with Gasteiger partial charge in [-0.25, -0.2) is 0 Å². The van der Waals surface area contributed by atoms with Crippen LogP contribution in [-0.2, 0) is 18.5 Å². The highest BCUT2D eigenvalue weighted by molar-refractivity contribution is 7.11. The highest BCUT2D eigenvalue weighted by atomic mass is 32.1. The summed E-state index contributed by atoms with van der Waals surface area (Å²) >= 11 is 1.78. The fraction of sp³-hybridized carbons (Fsp3) is 0.533. The first-order valence-corrected chi connectivity index (χ1v) is 8.03. The summed E-state index contributed by atoms with van der Waals surface area (Å²) in [7, 11) is 1.74. The molecule has 6 nitrogen and oxygen atoms in total. The van der Waals surface area contributed by atoms with E-state index in [4.69, 9.17) is 4.52 Å². The Labute approximate surface area is 135 Å². The lowest BCUT2D eigenvalue weighted by atomic mass is 9.97. The zero-order chi connectivity index (χ0) is 16.2. The van der Waals surface area contributed by atoms with Gasteiger partial charge in [-0.05, 0) is 19.1 Å². The Morgan fingerprint density at radius 1 is 1.27 bits per heavy atom. The largest absolute Gasteiger partial charge is 0.352 e. The van der Waals surface area contributed by atoms with Crippen molar-refractivity contribution >= 4 is 17.3 Å². The van der Waals surface area contributed by atoms with E-state index in [-0.39, 0.29) is 5.41 Å². The van der Waals surface area contributed by atoms with E-state index in [1.165, 1.54) is 9.75 Å². The van der Waals surface area contributed by atoms with Gasteiger partial charge in [0, 0.05) is 22.2 Å². The van der Waals surface area contributed by atoms with Gasteiger partial charge in [0.05, 0.1) is 13.1 Å². The second kappa shape index (κ2) is 6.91. The zero-order valence-electron chi connectivity index (χ0n) is 13.7. The molecule has 2 aromatic rings. The van der Waals surface area contributed by atoms with Gasteiger partial charge in [0.2, 0.25) is 5.89 Å². The van der Waals surface area contributed by atoms with E-state index in [1.54, 1.807) is 18.4 Å². The van der Waals surface area contributed by atoms with Crippen LogP contribution >= 0.6 is 11.3 Å². The Balaban J connectivity index is 1.85. The van der Waals surface area contributed by atoms with Crippen molar-refractivity contribution in [2.45, 2.75) is 46.2 Å². The van der Waals surface area contributed by atoms with Crippen molar-refractivity contribution in [2.24, 2.45) is 4.99 Å². The van der Waals surface area contributed by atoms with E-state index >= 15 is 0 Å².